The Morgan fingerprint density at radius 3 is 2.11 bits per heavy atom. The number of rotatable bonds is 3. The van der Waals surface area contributed by atoms with Crippen molar-refractivity contribution in [2.24, 2.45) is 17.8 Å². The van der Waals surface area contributed by atoms with E-state index in [0.717, 1.165) is 37.4 Å². The smallest absolute Gasteiger partial charge is 0.152 e. The van der Waals surface area contributed by atoms with Gasteiger partial charge in [0.25, 0.3) is 0 Å². The summed E-state index contributed by atoms with van der Waals surface area (Å²) in [5.41, 5.74) is 0. The van der Waals surface area contributed by atoms with Crippen molar-refractivity contribution < 1.29 is 8.42 Å². The van der Waals surface area contributed by atoms with E-state index >= 15 is 0 Å². The maximum absolute atomic E-state index is 11.4. The minimum absolute atomic E-state index is 0.369. The lowest BCUT2D eigenvalue weighted by molar-refractivity contribution is 0.169. The van der Waals surface area contributed by atoms with Crippen molar-refractivity contribution in [1.29, 1.82) is 0 Å². The van der Waals surface area contributed by atoms with E-state index in [2.05, 4.69) is 18.7 Å². The highest BCUT2D eigenvalue weighted by atomic mass is 32.2. The normalized spacial score (nSPS) is 33.7. The Balaban J connectivity index is 1.72. The molecule has 0 aromatic heterocycles. The van der Waals surface area contributed by atoms with Crippen LogP contribution in [0.25, 0.3) is 0 Å². The van der Waals surface area contributed by atoms with E-state index in [1.807, 2.05) is 0 Å². The van der Waals surface area contributed by atoms with Crippen LogP contribution in [-0.4, -0.2) is 44.5 Å². The monoisotopic (exact) mass is 273 g/mol. The van der Waals surface area contributed by atoms with Crippen LogP contribution in [0.4, 0.5) is 0 Å². The lowest BCUT2D eigenvalue weighted by Crippen LogP contribution is -2.43. The fourth-order valence-electron chi connectivity index (χ4n) is 3.34. The molecule has 0 unspecified atom stereocenters. The molecule has 18 heavy (non-hydrogen) atoms. The zero-order valence-corrected chi connectivity index (χ0v) is 12.6. The third kappa shape index (κ3) is 3.95. The van der Waals surface area contributed by atoms with Gasteiger partial charge >= 0.3 is 0 Å². The van der Waals surface area contributed by atoms with Crippen molar-refractivity contribution in [3.63, 3.8) is 0 Å². The summed E-state index contributed by atoms with van der Waals surface area (Å²) in [4.78, 5) is 2.36. The quantitative estimate of drug-likeness (QED) is 0.791. The van der Waals surface area contributed by atoms with Gasteiger partial charge in [-0.05, 0) is 43.4 Å². The van der Waals surface area contributed by atoms with Gasteiger partial charge in [-0.1, -0.05) is 13.8 Å². The van der Waals surface area contributed by atoms with Crippen molar-refractivity contribution >= 4 is 9.84 Å². The van der Waals surface area contributed by atoms with Gasteiger partial charge in [-0.25, -0.2) is 8.42 Å². The molecule has 1 aliphatic carbocycles. The third-order valence-corrected chi connectivity index (χ3v) is 6.40. The number of hydrogen-bond donors (Lipinski definition) is 0. The summed E-state index contributed by atoms with van der Waals surface area (Å²) in [6.45, 7) is 7.31. The Morgan fingerprint density at radius 2 is 1.61 bits per heavy atom. The van der Waals surface area contributed by atoms with E-state index in [0.29, 0.717) is 11.5 Å². The second-order valence-electron chi connectivity index (χ2n) is 6.48. The first-order chi connectivity index (χ1) is 8.46. The highest BCUT2D eigenvalue weighted by Gasteiger charge is 2.27. The van der Waals surface area contributed by atoms with E-state index in [9.17, 15) is 8.42 Å². The van der Waals surface area contributed by atoms with Crippen molar-refractivity contribution in [1.82, 2.24) is 4.90 Å². The van der Waals surface area contributed by atoms with E-state index in [4.69, 9.17) is 0 Å². The SMILES string of the molecule is CC(C)[C@H]1CC[C@H](CN2CCS(=O)(=O)CC2)CC1. The van der Waals surface area contributed by atoms with Crippen molar-refractivity contribution in [2.75, 3.05) is 31.1 Å². The van der Waals surface area contributed by atoms with Gasteiger partial charge in [0.2, 0.25) is 0 Å². The molecule has 2 rings (SSSR count). The number of sulfone groups is 1. The molecule has 0 spiro atoms. The van der Waals surface area contributed by atoms with Gasteiger partial charge in [0.15, 0.2) is 9.84 Å². The maximum Gasteiger partial charge on any atom is 0.152 e. The molecule has 1 saturated heterocycles. The zero-order chi connectivity index (χ0) is 13.2. The minimum atomic E-state index is -2.72. The molecule has 2 fully saturated rings. The van der Waals surface area contributed by atoms with Crippen LogP contribution in [0.5, 0.6) is 0 Å². The van der Waals surface area contributed by atoms with Gasteiger partial charge in [-0.2, -0.15) is 0 Å². The molecule has 0 aromatic carbocycles. The highest BCUT2D eigenvalue weighted by molar-refractivity contribution is 7.91. The molecule has 0 amide bonds. The molecular weight excluding hydrogens is 246 g/mol. The fraction of sp³-hybridized carbons (Fsp3) is 1.00. The molecule has 1 heterocycles. The van der Waals surface area contributed by atoms with Crippen molar-refractivity contribution in [3.05, 3.63) is 0 Å². The molecule has 2 aliphatic rings. The van der Waals surface area contributed by atoms with E-state index in [1.165, 1.54) is 25.7 Å². The molecular formula is C14H27NO2S. The first-order valence-corrected chi connectivity index (χ1v) is 9.21. The largest absolute Gasteiger partial charge is 0.301 e. The summed E-state index contributed by atoms with van der Waals surface area (Å²) in [6.07, 6.45) is 5.42. The van der Waals surface area contributed by atoms with Gasteiger partial charge in [-0.15, -0.1) is 0 Å². The van der Waals surface area contributed by atoms with Crippen molar-refractivity contribution in [3.8, 4) is 0 Å². The Bertz CT molecular complexity index is 342. The molecule has 4 heteroatoms. The zero-order valence-electron chi connectivity index (χ0n) is 11.8. The molecule has 0 bridgehead atoms. The number of nitrogens with zero attached hydrogens (tertiary/aromatic N) is 1. The average Bonchev–Trinajstić information content (AvgIpc) is 2.33. The van der Waals surface area contributed by atoms with Crippen LogP contribution in [-0.2, 0) is 9.84 Å². The molecule has 3 nitrogen and oxygen atoms in total. The lowest BCUT2D eigenvalue weighted by atomic mass is 9.77. The van der Waals surface area contributed by atoms with Crippen LogP contribution in [0.1, 0.15) is 39.5 Å². The van der Waals surface area contributed by atoms with E-state index < -0.39 is 9.84 Å². The summed E-state index contributed by atoms with van der Waals surface area (Å²) in [5, 5.41) is 0. The predicted molar refractivity (Wildman–Crippen MR) is 75.4 cm³/mol. The van der Waals surface area contributed by atoms with E-state index in [-0.39, 0.29) is 0 Å². The maximum atomic E-state index is 11.4. The van der Waals surface area contributed by atoms with Crippen LogP contribution >= 0.6 is 0 Å². The summed E-state index contributed by atoms with van der Waals surface area (Å²) >= 11 is 0. The topological polar surface area (TPSA) is 37.4 Å². The Kier molecular flexibility index (Phi) is 4.70. The second kappa shape index (κ2) is 5.91. The van der Waals surface area contributed by atoms with Gasteiger partial charge < -0.3 is 4.90 Å². The van der Waals surface area contributed by atoms with Gasteiger partial charge in [0.1, 0.15) is 0 Å². The Morgan fingerprint density at radius 1 is 1.06 bits per heavy atom. The highest BCUT2D eigenvalue weighted by Crippen LogP contribution is 2.33. The summed E-state index contributed by atoms with van der Waals surface area (Å²) in [5.74, 6) is 3.29. The van der Waals surface area contributed by atoms with Crippen LogP contribution in [0.2, 0.25) is 0 Å². The molecule has 1 aliphatic heterocycles. The fourth-order valence-corrected chi connectivity index (χ4v) is 4.61. The molecule has 0 aromatic rings. The van der Waals surface area contributed by atoms with Crippen LogP contribution < -0.4 is 0 Å². The predicted octanol–water partition coefficient (Wildman–Crippen LogP) is 2.18. The third-order valence-electron chi connectivity index (χ3n) is 4.79. The summed E-state index contributed by atoms with van der Waals surface area (Å²) in [6, 6.07) is 0. The first kappa shape index (κ1) is 14.3. The standard InChI is InChI=1S/C14H27NO2S/c1-12(2)14-5-3-13(4-6-14)11-15-7-9-18(16,17)10-8-15/h12-14H,3-11H2,1-2H3/t13-,14-. The van der Waals surface area contributed by atoms with Crippen molar-refractivity contribution in [2.45, 2.75) is 39.5 Å². The van der Waals surface area contributed by atoms with Gasteiger partial charge in [0.05, 0.1) is 11.5 Å². The Labute approximate surface area is 112 Å². The molecule has 0 atom stereocenters. The molecule has 1 saturated carbocycles. The molecule has 0 radical (unpaired) electrons. The number of hydrogen-bond acceptors (Lipinski definition) is 3. The second-order valence-corrected chi connectivity index (χ2v) is 8.78. The van der Waals surface area contributed by atoms with Crippen LogP contribution in [0, 0.1) is 17.8 Å². The summed E-state index contributed by atoms with van der Waals surface area (Å²) in [7, 11) is -2.72. The first-order valence-electron chi connectivity index (χ1n) is 7.39. The minimum Gasteiger partial charge on any atom is -0.301 e. The summed E-state index contributed by atoms with van der Waals surface area (Å²) < 4.78 is 22.8. The average molecular weight is 273 g/mol. The van der Waals surface area contributed by atoms with Crippen LogP contribution in [0.3, 0.4) is 0 Å². The van der Waals surface area contributed by atoms with Gasteiger partial charge in [-0.3, -0.25) is 0 Å². The Hall–Kier alpha value is -0.0900. The molecule has 0 N–H and O–H groups in total. The van der Waals surface area contributed by atoms with E-state index in [1.54, 1.807) is 0 Å². The lowest BCUT2D eigenvalue weighted by Gasteiger charge is -2.35. The van der Waals surface area contributed by atoms with Crippen LogP contribution in [0.15, 0.2) is 0 Å². The molecule has 106 valence electrons. The van der Waals surface area contributed by atoms with Gasteiger partial charge in [0, 0.05) is 19.6 Å².